The monoisotopic (exact) mass is 257 g/mol. The van der Waals surface area contributed by atoms with Gasteiger partial charge in [-0.3, -0.25) is 0 Å². The standard InChI is InChI=1S/C14H23NO.ClH/c16-3-1-2-15-10-14-7-11-4-12(8-14)6-13(5-11)9-14;/h3,11-13,15H,1-2,4-10H2;1H. The fourth-order valence-corrected chi connectivity index (χ4v) is 5.02. The molecule has 3 heteroatoms. The third-order valence-corrected chi connectivity index (χ3v) is 5.10. The molecule has 4 aliphatic rings. The van der Waals surface area contributed by atoms with Gasteiger partial charge in [-0.1, -0.05) is 0 Å². The number of carbonyl (C=O) groups excluding carboxylic acids is 1. The van der Waals surface area contributed by atoms with Gasteiger partial charge in [0, 0.05) is 19.5 Å². The molecule has 2 nitrogen and oxygen atoms in total. The molecule has 0 aromatic rings. The molecule has 0 aromatic carbocycles. The predicted molar refractivity (Wildman–Crippen MR) is 71.4 cm³/mol. The highest BCUT2D eigenvalue weighted by molar-refractivity contribution is 5.85. The summed E-state index contributed by atoms with van der Waals surface area (Å²) in [5, 5.41) is 3.51. The van der Waals surface area contributed by atoms with E-state index in [1.54, 1.807) is 0 Å². The molecule has 17 heavy (non-hydrogen) atoms. The molecule has 0 aromatic heterocycles. The molecular formula is C14H24ClNO. The SMILES string of the molecule is Cl.O=CCCNCC12CC3CC(CC(C3)C1)C2. The van der Waals surface area contributed by atoms with E-state index in [-0.39, 0.29) is 12.4 Å². The molecule has 4 saturated carbocycles. The molecule has 0 unspecified atom stereocenters. The summed E-state index contributed by atoms with van der Waals surface area (Å²) in [6.07, 6.45) is 10.7. The van der Waals surface area contributed by atoms with E-state index in [0.29, 0.717) is 11.8 Å². The van der Waals surface area contributed by atoms with Crippen LogP contribution in [-0.2, 0) is 4.79 Å². The van der Waals surface area contributed by atoms with Crippen LogP contribution in [0.1, 0.15) is 44.9 Å². The average molecular weight is 258 g/mol. The Bertz CT molecular complexity index is 244. The Labute approximate surface area is 110 Å². The van der Waals surface area contributed by atoms with E-state index in [1.165, 1.54) is 45.1 Å². The van der Waals surface area contributed by atoms with Gasteiger partial charge in [-0.25, -0.2) is 0 Å². The first-order valence-electron chi connectivity index (χ1n) is 6.94. The molecule has 0 spiro atoms. The van der Waals surface area contributed by atoms with Crippen LogP contribution in [0, 0.1) is 23.2 Å². The molecule has 0 amide bonds. The summed E-state index contributed by atoms with van der Waals surface area (Å²) >= 11 is 0. The molecule has 0 atom stereocenters. The van der Waals surface area contributed by atoms with Crippen LogP contribution in [0.2, 0.25) is 0 Å². The number of aldehydes is 1. The van der Waals surface area contributed by atoms with Gasteiger partial charge in [0.1, 0.15) is 6.29 Å². The van der Waals surface area contributed by atoms with Crippen molar-refractivity contribution in [2.75, 3.05) is 13.1 Å². The van der Waals surface area contributed by atoms with Gasteiger partial charge in [0.15, 0.2) is 0 Å². The van der Waals surface area contributed by atoms with Crippen LogP contribution in [-0.4, -0.2) is 19.4 Å². The van der Waals surface area contributed by atoms with E-state index in [1.807, 2.05) is 0 Å². The zero-order valence-electron chi connectivity index (χ0n) is 10.5. The van der Waals surface area contributed by atoms with Crippen molar-refractivity contribution in [1.82, 2.24) is 5.32 Å². The second kappa shape index (κ2) is 5.27. The van der Waals surface area contributed by atoms with E-state index in [4.69, 9.17) is 0 Å². The van der Waals surface area contributed by atoms with Crippen LogP contribution in [0.3, 0.4) is 0 Å². The minimum absolute atomic E-state index is 0. The highest BCUT2D eigenvalue weighted by Gasteiger charge is 2.50. The molecular weight excluding hydrogens is 234 g/mol. The fraction of sp³-hybridized carbons (Fsp3) is 0.929. The summed E-state index contributed by atoms with van der Waals surface area (Å²) in [5.41, 5.74) is 0.623. The molecule has 0 saturated heterocycles. The van der Waals surface area contributed by atoms with Crippen LogP contribution in [0.5, 0.6) is 0 Å². The summed E-state index contributed by atoms with van der Waals surface area (Å²) in [6, 6.07) is 0. The van der Waals surface area contributed by atoms with Gasteiger partial charge in [-0.2, -0.15) is 0 Å². The lowest BCUT2D eigenvalue weighted by atomic mass is 9.49. The van der Waals surface area contributed by atoms with Crippen molar-refractivity contribution in [1.29, 1.82) is 0 Å². The zero-order valence-corrected chi connectivity index (χ0v) is 11.3. The highest BCUT2D eigenvalue weighted by Crippen LogP contribution is 2.59. The first kappa shape index (κ1) is 13.4. The molecule has 0 radical (unpaired) electrons. The maximum Gasteiger partial charge on any atom is 0.121 e. The zero-order chi connectivity index (χ0) is 11.0. The Hall–Kier alpha value is -0.0800. The first-order chi connectivity index (χ1) is 7.80. The van der Waals surface area contributed by atoms with Crippen molar-refractivity contribution < 1.29 is 4.79 Å². The van der Waals surface area contributed by atoms with Gasteiger partial charge in [-0.05, 0) is 61.7 Å². The van der Waals surface area contributed by atoms with Gasteiger partial charge < -0.3 is 10.1 Å². The summed E-state index contributed by atoms with van der Waals surface area (Å²) < 4.78 is 0. The molecule has 4 aliphatic carbocycles. The summed E-state index contributed by atoms with van der Waals surface area (Å²) in [4.78, 5) is 10.3. The van der Waals surface area contributed by atoms with Crippen LogP contribution >= 0.6 is 12.4 Å². The third kappa shape index (κ3) is 2.68. The van der Waals surface area contributed by atoms with Crippen molar-refractivity contribution in [2.24, 2.45) is 23.2 Å². The van der Waals surface area contributed by atoms with Gasteiger partial charge >= 0.3 is 0 Å². The molecule has 1 N–H and O–H groups in total. The van der Waals surface area contributed by atoms with Crippen molar-refractivity contribution in [3.63, 3.8) is 0 Å². The van der Waals surface area contributed by atoms with Crippen LogP contribution in [0.15, 0.2) is 0 Å². The summed E-state index contributed by atoms with van der Waals surface area (Å²) in [5.74, 6) is 3.12. The quantitative estimate of drug-likeness (QED) is 0.606. The normalized spacial score (nSPS) is 42.2. The minimum atomic E-state index is 0. The van der Waals surface area contributed by atoms with Crippen LogP contribution < -0.4 is 5.32 Å². The Morgan fingerprint density at radius 2 is 1.59 bits per heavy atom. The number of hydrogen-bond donors (Lipinski definition) is 1. The Balaban J connectivity index is 0.00000108. The lowest BCUT2D eigenvalue weighted by molar-refractivity contribution is -0.107. The fourth-order valence-electron chi connectivity index (χ4n) is 5.02. The Morgan fingerprint density at radius 1 is 1.06 bits per heavy atom. The van der Waals surface area contributed by atoms with Gasteiger partial charge in [0.2, 0.25) is 0 Å². The van der Waals surface area contributed by atoms with Gasteiger partial charge in [-0.15, -0.1) is 12.4 Å². The Morgan fingerprint density at radius 3 is 2.06 bits per heavy atom. The average Bonchev–Trinajstić information content (AvgIpc) is 2.22. The number of hydrogen-bond acceptors (Lipinski definition) is 2. The second-order valence-electron chi connectivity index (χ2n) is 6.55. The van der Waals surface area contributed by atoms with E-state index in [2.05, 4.69) is 5.32 Å². The molecule has 0 heterocycles. The van der Waals surface area contributed by atoms with Crippen molar-refractivity contribution >= 4 is 18.7 Å². The van der Waals surface area contributed by atoms with Gasteiger partial charge in [0.25, 0.3) is 0 Å². The Kier molecular flexibility index (Phi) is 4.14. The number of carbonyl (C=O) groups is 1. The molecule has 4 bridgehead atoms. The molecule has 4 fully saturated rings. The lowest BCUT2D eigenvalue weighted by Gasteiger charge is -2.57. The number of rotatable bonds is 5. The lowest BCUT2D eigenvalue weighted by Crippen LogP contribution is -2.50. The maximum absolute atomic E-state index is 10.3. The van der Waals surface area contributed by atoms with Crippen molar-refractivity contribution in [2.45, 2.75) is 44.9 Å². The van der Waals surface area contributed by atoms with Crippen LogP contribution in [0.4, 0.5) is 0 Å². The summed E-state index contributed by atoms with van der Waals surface area (Å²) in [7, 11) is 0. The predicted octanol–water partition coefficient (Wildman–Crippen LogP) is 2.80. The minimum Gasteiger partial charge on any atom is -0.316 e. The highest BCUT2D eigenvalue weighted by atomic mass is 35.5. The topological polar surface area (TPSA) is 29.1 Å². The number of halogens is 1. The van der Waals surface area contributed by atoms with E-state index < -0.39 is 0 Å². The smallest absolute Gasteiger partial charge is 0.121 e. The third-order valence-electron chi connectivity index (χ3n) is 5.10. The second-order valence-corrected chi connectivity index (χ2v) is 6.55. The van der Waals surface area contributed by atoms with Crippen molar-refractivity contribution in [3.05, 3.63) is 0 Å². The van der Waals surface area contributed by atoms with E-state index in [9.17, 15) is 4.79 Å². The number of nitrogens with one attached hydrogen (secondary N) is 1. The largest absolute Gasteiger partial charge is 0.316 e. The molecule has 98 valence electrons. The van der Waals surface area contributed by atoms with E-state index in [0.717, 1.165) is 30.6 Å². The summed E-state index contributed by atoms with van der Waals surface area (Å²) in [6.45, 7) is 2.05. The molecule has 0 aliphatic heterocycles. The molecule has 4 rings (SSSR count). The van der Waals surface area contributed by atoms with Crippen molar-refractivity contribution in [3.8, 4) is 0 Å². The van der Waals surface area contributed by atoms with Crippen LogP contribution in [0.25, 0.3) is 0 Å². The van der Waals surface area contributed by atoms with Gasteiger partial charge in [0.05, 0.1) is 0 Å². The first-order valence-corrected chi connectivity index (χ1v) is 6.94. The van der Waals surface area contributed by atoms with E-state index >= 15 is 0 Å². The maximum atomic E-state index is 10.3.